The average molecular weight is 221 g/mol. The Bertz CT molecular complexity index is 249. The van der Waals surface area contributed by atoms with Gasteiger partial charge in [0.2, 0.25) is 0 Å². The first-order chi connectivity index (χ1) is 6.00. The number of hydrogen-bond donors (Lipinski definition) is 0. The fourth-order valence-corrected chi connectivity index (χ4v) is 3.59. The topological polar surface area (TPSA) is 17.1 Å². The summed E-state index contributed by atoms with van der Waals surface area (Å²) in [5, 5.41) is 0. The van der Waals surface area contributed by atoms with E-state index in [9.17, 15) is 4.79 Å². The van der Waals surface area contributed by atoms with Crippen LogP contribution in [0.15, 0.2) is 0 Å². The lowest BCUT2D eigenvalue weighted by molar-refractivity contribution is -0.121. The monoisotopic (exact) mass is 220 g/mol. The van der Waals surface area contributed by atoms with Crippen molar-refractivity contribution in [2.75, 3.05) is 0 Å². The summed E-state index contributed by atoms with van der Waals surface area (Å²) in [6.07, 6.45) is 4.96. The molecule has 2 rings (SSSR count). The summed E-state index contributed by atoms with van der Waals surface area (Å²) in [5.41, 5.74) is -0.131. The number of hydrogen-bond acceptors (Lipinski definition) is 1. The second-order valence-corrected chi connectivity index (χ2v) is 5.89. The first-order valence-corrected chi connectivity index (χ1v) is 5.66. The molecule has 2 aliphatic carbocycles. The fourth-order valence-electron chi connectivity index (χ4n) is 2.56. The second-order valence-electron chi connectivity index (χ2n) is 4.50. The Morgan fingerprint density at radius 2 is 2.00 bits per heavy atom. The molecule has 2 atom stereocenters. The normalized spacial score (nSPS) is 43.3. The quantitative estimate of drug-likeness (QED) is 0.573. The van der Waals surface area contributed by atoms with Gasteiger partial charge in [-0.3, -0.25) is 4.79 Å². The average Bonchev–Trinajstić information content (AvgIpc) is 2.41. The number of Topliss-reactive ketones (excluding diaryl/α,β-unsaturated/α-hetero) is 1. The van der Waals surface area contributed by atoms with E-state index in [1.165, 1.54) is 0 Å². The van der Waals surface area contributed by atoms with Gasteiger partial charge in [0.25, 0.3) is 0 Å². The first-order valence-electron chi connectivity index (χ1n) is 4.91. The van der Waals surface area contributed by atoms with Gasteiger partial charge in [-0.05, 0) is 12.8 Å². The van der Waals surface area contributed by atoms with Crippen molar-refractivity contribution in [1.29, 1.82) is 0 Å². The molecule has 2 aliphatic rings. The smallest absolute Gasteiger partial charge is 0.139 e. The van der Waals surface area contributed by atoms with Crippen LogP contribution in [0.4, 0.5) is 0 Å². The molecular weight excluding hydrogens is 207 g/mol. The van der Waals surface area contributed by atoms with Crippen molar-refractivity contribution in [3.8, 4) is 0 Å². The fraction of sp³-hybridized carbons (Fsp3) is 0.900. The third-order valence-electron chi connectivity index (χ3n) is 3.62. The number of alkyl halides is 2. The number of ketones is 1. The zero-order valence-corrected chi connectivity index (χ0v) is 9.29. The van der Waals surface area contributed by atoms with E-state index in [0.717, 1.165) is 25.7 Å². The molecule has 0 aromatic rings. The molecule has 0 N–H and O–H groups in total. The maximum atomic E-state index is 11.7. The van der Waals surface area contributed by atoms with Gasteiger partial charge in [-0.25, -0.2) is 0 Å². The molecule has 0 aromatic carbocycles. The molecule has 74 valence electrons. The summed E-state index contributed by atoms with van der Waals surface area (Å²) >= 11 is 12.3. The van der Waals surface area contributed by atoms with Gasteiger partial charge in [-0.1, -0.05) is 19.8 Å². The largest absolute Gasteiger partial charge is 0.299 e. The molecule has 2 saturated carbocycles. The third kappa shape index (κ3) is 1.24. The highest BCUT2D eigenvalue weighted by atomic mass is 35.5. The molecule has 3 heteroatoms. The van der Waals surface area contributed by atoms with Crippen molar-refractivity contribution in [2.45, 2.75) is 43.4 Å². The first kappa shape index (κ1) is 9.79. The highest BCUT2D eigenvalue weighted by Crippen LogP contribution is 2.72. The highest BCUT2D eigenvalue weighted by molar-refractivity contribution is 6.53. The van der Waals surface area contributed by atoms with Gasteiger partial charge in [0, 0.05) is 11.8 Å². The number of carbonyl (C=O) groups is 1. The van der Waals surface area contributed by atoms with Crippen LogP contribution in [-0.2, 0) is 4.79 Å². The van der Waals surface area contributed by atoms with Crippen LogP contribution in [-0.4, -0.2) is 10.1 Å². The lowest BCUT2D eigenvalue weighted by Gasteiger charge is -2.13. The Morgan fingerprint density at radius 1 is 1.31 bits per heavy atom. The van der Waals surface area contributed by atoms with Crippen molar-refractivity contribution >= 4 is 29.0 Å². The molecular formula is C10H14Cl2O. The standard InChI is InChI=1S/C10H14Cl2O/c1-9-6-4-2-3-5-7(13)8(9)10(9,11)12/h8H,2-6H2,1H3. The Morgan fingerprint density at radius 3 is 2.69 bits per heavy atom. The summed E-state index contributed by atoms with van der Waals surface area (Å²) in [7, 11) is 0. The van der Waals surface area contributed by atoms with Gasteiger partial charge < -0.3 is 0 Å². The van der Waals surface area contributed by atoms with E-state index in [1.807, 2.05) is 6.92 Å². The van der Waals surface area contributed by atoms with E-state index >= 15 is 0 Å². The number of carbonyl (C=O) groups excluding carboxylic acids is 1. The van der Waals surface area contributed by atoms with Crippen molar-refractivity contribution in [3.63, 3.8) is 0 Å². The Labute approximate surface area is 88.8 Å². The summed E-state index contributed by atoms with van der Waals surface area (Å²) < 4.78 is -0.769. The number of halogens is 2. The molecule has 0 heterocycles. The summed E-state index contributed by atoms with van der Waals surface area (Å²) in [6, 6.07) is 0. The minimum Gasteiger partial charge on any atom is -0.299 e. The zero-order chi connectivity index (χ0) is 9.69. The van der Waals surface area contributed by atoms with Crippen molar-refractivity contribution in [2.24, 2.45) is 11.3 Å². The summed E-state index contributed by atoms with van der Waals surface area (Å²) in [5.74, 6) is 0.177. The maximum Gasteiger partial charge on any atom is 0.139 e. The SMILES string of the molecule is CC12CCCCCC(=O)C1C2(Cl)Cl. The van der Waals surface area contributed by atoms with Crippen LogP contribution >= 0.6 is 23.2 Å². The maximum absolute atomic E-state index is 11.7. The minimum atomic E-state index is -0.769. The molecule has 13 heavy (non-hydrogen) atoms. The van der Waals surface area contributed by atoms with E-state index < -0.39 is 4.33 Å². The second kappa shape index (κ2) is 2.87. The molecule has 0 aliphatic heterocycles. The van der Waals surface area contributed by atoms with E-state index in [4.69, 9.17) is 23.2 Å². The molecule has 0 amide bonds. The van der Waals surface area contributed by atoms with Crippen molar-refractivity contribution in [3.05, 3.63) is 0 Å². The van der Waals surface area contributed by atoms with Gasteiger partial charge in [0.1, 0.15) is 10.1 Å². The van der Waals surface area contributed by atoms with Gasteiger partial charge in [0.05, 0.1) is 5.92 Å². The third-order valence-corrected chi connectivity index (χ3v) is 4.92. The predicted octanol–water partition coefficient (Wildman–Crippen LogP) is 3.33. The van der Waals surface area contributed by atoms with Crippen LogP contribution in [0.2, 0.25) is 0 Å². The molecule has 1 nitrogen and oxygen atoms in total. The van der Waals surface area contributed by atoms with Crippen molar-refractivity contribution in [1.82, 2.24) is 0 Å². The van der Waals surface area contributed by atoms with Crippen LogP contribution in [0.1, 0.15) is 39.0 Å². The minimum absolute atomic E-state index is 0.0939. The van der Waals surface area contributed by atoms with Crippen molar-refractivity contribution < 1.29 is 4.79 Å². The van der Waals surface area contributed by atoms with Gasteiger partial charge >= 0.3 is 0 Å². The van der Waals surface area contributed by atoms with E-state index in [2.05, 4.69) is 0 Å². The Balaban J connectivity index is 2.21. The molecule has 0 spiro atoms. The Kier molecular flexibility index (Phi) is 2.16. The molecule has 2 unspecified atom stereocenters. The van der Waals surface area contributed by atoms with Crippen LogP contribution in [0.5, 0.6) is 0 Å². The number of fused-ring (bicyclic) bond motifs is 1. The summed E-state index contributed by atoms with van der Waals surface area (Å²) in [4.78, 5) is 11.7. The molecule has 2 fully saturated rings. The molecule has 0 aromatic heterocycles. The lowest BCUT2D eigenvalue weighted by atomic mass is 9.91. The van der Waals surface area contributed by atoms with Gasteiger partial charge in [-0.15, -0.1) is 23.2 Å². The predicted molar refractivity (Wildman–Crippen MR) is 54.1 cm³/mol. The lowest BCUT2D eigenvalue weighted by Crippen LogP contribution is -2.10. The van der Waals surface area contributed by atoms with Gasteiger partial charge in [-0.2, -0.15) is 0 Å². The van der Waals surface area contributed by atoms with Gasteiger partial charge in [0.15, 0.2) is 0 Å². The highest BCUT2D eigenvalue weighted by Gasteiger charge is 2.74. The molecule has 0 radical (unpaired) electrons. The van der Waals surface area contributed by atoms with Crippen LogP contribution in [0, 0.1) is 11.3 Å². The van der Waals surface area contributed by atoms with Crippen LogP contribution < -0.4 is 0 Å². The molecule has 0 saturated heterocycles. The Hall–Kier alpha value is 0.250. The van der Waals surface area contributed by atoms with E-state index in [1.54, 1.807) is 0 Å². The molecule has 0 bridgehead atoms. The van der Waals surface area contributed by atoms with Crippen LogP contribution in [0.3, 0.4) is 0 Å². The zero-order valence-electron chi connectivity index (χ0n) is 7.78. The van der Waals surface area contributed by atoms with E-state index in [0.29, 0.717) is 6.42 Å². The van der Waals surface area contributed by atoms with Crippen LogP contribution in [0.25, 0.3) is 0 Å². The van der Waals surface area contributed by atoms with E-state index in [-0.39, 0.29) is 17.1 Å². The summed E-state index contributed by atoms with van der Waals surface area (Å²) in [6.45, 7) is 2.04. The number of rotatable bonds is 0.